The molecule has 0 aromatic carbocycles. The molecule has 0 atom stereocenters. The predicted octanol–water partition coefficient (Wildman–Crippen LogP) is 3.31. The van der Waals surface area contributed by atoms with Gasteiger partial charge in [0.15, 0.2) is 5.76 Å². The van der Waals surface area contributed by atoms with Crippen molar-refractivity contribution in [3.05, 3.63) is 24.2 Å². The Bertz CT molecular complexity index is 527. The van der Waals surface area contributed by atoms with Crippen LogP contribution in [0, 0.1) is 5.92 Å². The van der Waals surface area contributed by atoms with E-state index in [4.69, 9.17) is 4.42 Å². The molecule has 1 aromatic rings. The molecule has 1 aromatic heterocycles. The Morgan fingerprint density at radius 3 is 2.42 bits per heavy atom. The van der Waals surface area contributed by atoms with E-state index in [0.717, 1.165) is 12.3 Å². The standard InChI is InChI=1S/C19H28N2O3/c22-18(10-4-8-16-6-2-1-3-7-16)20-11-13-21(14-12-20)19(23)17-9-5-15-24-17/h5,9,15-16H,1-4,6-8,10-14H2. The zero-order valence-corrected chi connectivity index (χ0v) is 14.4. The van der Waals surface area contributed by atoms with Gasteiger partial charge in [0.25, 0.3) is 5.91 Å². The number of amides is 2. The predicted molar refractivity (Wildman–Crippen MR) is 91.6 cm³/mol. The lowest BCUT2D eigenvalue weighted by Crippen LogP contribution is -2.50. The zero-order chi connectivity index (χ0) is 16.8. The minimum Gasteiger partial charge on any atom is -0.459 e. The third-order valence-electron chi connectivity index (χ3n) is 5.38. The molecule has 1 saturated heterocycles. The Morgan fingerprint density at radius 1 is 1.04 bits per heavy atom. The van der Waals surface area contributed by atoms with E-state index in [9.17, 15) is 9.59 Å². The summed E-state index contributed by atoms with van der Waals surface area (Å²) < 4.78 is 5.16. The van der Waals surface area contributed by atoms with Crippen LogP contribution in [0.25, 0.3) is 0 Å². The van der Waals surface area contributed by atoms with E-state index in [-0.39, 0.29) is 11.8 Å². The average molecular weight is 332 g/mol. The number of nitrogens with zero attached hydrogens (tertiary/aromatic N) is 2. The van der Waals surface area contributed by atoms with Gasteiger partial charge in [0.05, 0.1) is 6.26 Å². The lowest BCUT2D eigenvalue weighted by molar-refractivity contribution is -0.132. The van der Waals surface area contributed by atoms with Crippen molar-refractivity contribution < 1.29 is 14.0 Å². The van der Waals surface area contributed by atoms with Crippen LogP contribution in [0.1, 0.15) is 61.9 Å². The molecular formula is C19H28N2O3. The summed E-state index contributed by atoms with van der Waals surface area (Å²) in [6.45, 7) is 2.45. The lowest BCUT2D eigenvalue weighted by Gasteiger charge is -2.34. The highest BCUT2D eigenvalue weighted by molar-refractivity contribution is 5.91. The molecule has 0 radical (unpaired) electrons. The van der Waals surface area contributed by atoms with Crippen LogP contribution in [0.2, 0.25) is 0 Å². The first-order valence-corrected chi connectivity index (χ1v) is 9.34. The molecule has 0 unspecified atom stereocenters. The molecular weight excluding hydrogens is 304 g/mol. The van der Waals surface area contributed by atoms with Crippen LogP contribution < -0.4 is 0 Å². The molecule has 3 rings (SSSR count). The summed E-state index contributed by atoms with van der Waals surface area (Å²) in [6.07, 6.45) is 11.2. The van der Waals surface area contributed by atoms with Crippen molar-refractivity contribution in [3.8, 4) is 0 Å². The van der Waals surface area contributed by atoms with Gasteiger partial charge in [-0.15, -0.1) is 0 Å². The van der Waals surface area contributed by atoms with Crippen LogP contribution in [-0.2, 0) is 4.79 Å². The molecule has 2 amide bonds. The van der Waals surface area contributed by atoms with Gasteiger partial charge in [-0.1, -0.05) is 32.1 Å². The summed E-state index contributed by atoms with van der Waals surface area (Å²) in [5.74, 6) is 1.39. The normalized spacial score (nSPS) is 19.5. The third kappa shape index (κ3) is 4.40. The van der Waals surface area contributed by atoms with Crippen LogP contribution in [0.15, 0.2) is 22.8 Å². The van der Waals surface area contributed by atoms with Gasteiger partial charge in [0.2, 0.25) is 5.91 Å². The highest BCUT2D eigenvalue weighted by Crippen LogP contribution is 2.27. The van der Waals surface area contributed by atoms with E-state index in [1.807, 2.05) is 4.90 Å². The first-order valence-electron chi connectivity index (χ1n) is 9.34. The van der Waals surface area contributed by atoms with Crippen molar-refractivity contribution in [3.63, 3.8) is 0 Å². The number of hydrogen-bond acceptors (Lipinski definition) is 3. The minimum atomic E-state index is -0.0793. The van der Waals surface area contributed by atoms with Crippen molar-refractivity contribution in [2.75, 3.05) is 26.2 Å². The summed E-state index contributed by atoms with van der Waals surface area (Å²) in [5.41, 5.74) is 0. The monoisotopic (exact) mass is 332 g/mol. The lowest BCUT2D eigenvalue weighted by atomic mass is 9.86. The molecule has 1 aliphatic carbocycles. The van der Waals surface area contributed by atoms with Crippen molar-refractivity contribution in [2.24, 2.45) is 5.92 Å². The van der Waals surface area contributed by atoms with Gasteiger partial charge in [-0.3, -0.25) is 9.59 Å². The third-order valence-corrected chi connectivity index (χ3v) is 5.38. The van der Waals surface area contributed by atoms with Crippen molar-refractivity contribution in [1.82, 2.24) is 9.80 Å². The molecule has 0 N–H and O–H groups in total. The second-order valence-electron chi connectivity index (χ2n) is 7.05. The smallest absolute Gasteiger partial charge is 0.289 e. The summed E-state index contributed by atoms with van der Waals surface area (Å²) >= 11 is 0. The Labute approximate surface area is 144 Å². The fraction of sp³-hybridized carbons (Fsp3) is 0.684. The van der Waals surface area contributed by atoms with E-state index in [2.05, 4.69) is 0 Å². The molecule has 5 nitrogen and oxygen atoms in total. The van der Waals surface area contributed by atoms with Crippen LogP contribution in [0.4, 0.5) is 0 Å². The summed E-state index contributed by atoms with van der Waals surface area (Å²) in [7, 11) is 0. The Balaban J connectivity index is 1.36. The highest BCUT2D eigenvalue weighted by atomic mass is 16.3. The number of hydrogen-bond donors (Lipinski definition) is 0. The van der Waals surface area contributed by atoms with Crippen molar-refractivity contribution in [2.45, 2.75) is 51.4 Å². The Kier molecular flexibility index (Phi) is 5.94. The molecule has 5 heteroatoms. The maximum absolute atomic E-state index is 12.3. The largest absolute Gasteiger partial charge is 0.459 e. The van der Waals surface area contributed by atoms with E-state index < -0.39 is 0 Å². The van der Waals surface area contributed by atoms with E-state index >= 15 is 0 Å². The SMILES string of the molecule is O=C(CCCC1CCCCC1)N1CCN(C(=O)c2ccco2)CC1. The molecule has 1 aliphatic heterocycles. The van der Waals surface area contributed by atoms with E-state index in [1.54, 1.807) is 17.0 Å². The first-order chi connectivity index (χ1) is 11.7. The second-order valence-corrected chi connectivity index (χ2v) is 7.05. The molecule has 1 saturated carbocycles. The molecule has 24 heavy (non-hydrogen) atoms. The molecule has 2 fully saturated rings. The molecule has 132 valence electrons. The fourth-order valence-corrected chi connectivity index (χ4v) is 3.89. The van der Waals surface area contributed by atoms with Crippen molar-refractivity contribution in [1.29, 1.82) is 0 Å². The average Bonchev–Trinajstić information content (AvgIpc) is 3.17. The minimum absolute atomic E-state index is 0.0793. The van der Waals surface area contributed by atoms with Gasteiger partial charge in [-0.05, 0) is 30.9 Å². The molecule has 0 spiro atoms. The maximum atomic E-state index is 12.3. The van der Waals surface area contributed by atoms with Gasteiger partial charge in [-0.25, -0.2) is 0 Å². The van der Waals surface area contributed by atoms with Gasteiger partial charge in [0.1, 0.15) is 0 Å². The number of rotatable bonds is 5. The zero-order valence-electron chi connectivity index (χ0n) is 14.4. The fourth-order valence-electron chi connectivity index (χ4n) is 3.89. The molecule has 2 heterocycles. The van der Waals surface area contributed by atoms with Gasteiger partial charge in [0, 0.05) is 32.6 Å². The van der Waals surface area contributed by atoms with E-state index in [0.29, 0.717) is 38.4 Å². The summed E-state index contributed by atoms with van der Waals surface area (Å²) in [5, 5.41) is 0. The molecule has 0 bridgehead atoms. The number of carbonyl (C=O) groups excluding carboxylic acids is 2. The van der Waals surface area contributed by atoms with Gasteiger partial charge in [-0.2, -0.15) is 0 Å². The second kappa shape index (κ2) is 8.36. The van der Waals surface area contributed by atoms with Crippen LogP contribution in [0.5, 0.6) is 0 Å². The number of furan rings is 1. The van der Waals surface area contributed by atoms with Gasteiger partial charge < -0.3 is 14.2 Å². The highest BCUT2D eigenvalue weighted by Gasteiger charge is 2.26. The Hall–Kier alpha value is -1.78. The Morgan fingerprint density at radius 2 is 1.75 bits per heavy atom. The molecule has 2 aliphatic rings. The summed E-state index contributed by atoms with van der Waals surface area (Å²) in [6, 6.07) is 3.41. The maximum Gasteiger partial charge on any atom is 0.289 e. The van der Waals surface area contributed by atoms with Gasteiger partial charge >= 0.3 is 0 Å². The van der Waals surface area contributed by atoms with E-state index in [1.165, 1.54) is 44.8 Å². The number of piperazine rings is 1. The first kappa shape index (κ1) is 17.1. The quantitative estimate of drug-likeness (QED) is 0.831. The van der Waals surface area contributed by atoms with Crippen LogP contribution in [-0.4, -0.2) is 47.8 Å². The number of carbonyl (C=O) groups is 2. The summed E-state index contributed by atoms with van der Waals surface area (Å²) in [4.78, 5) is 28.2. The topological polar surface area (TPSA) is 53.8 Å². The van der Waals surface area contributed by atoms with Crippen LogP contribution in [0.3, 0.4) is 0 Å². The van der Waals surface area contributed by atoms with Crippen LogP contribution >= 0.6 is 0 Å². The van der Waals surface area contributed by atoms with Crippen molar-refractivity contribution >= 4 is 11.8 Å².